The molecule has 3 heteroatoms. The molecule has 29 heavy (non-hydrogen) atoms. The molecule has 0 atom stereocenters. The van der Waals surface area contributed by atoms with Crippen LogP contribution >= 0.6 is 0 Å². The van der Waals surface area contributed by atoms with Gasteiger partial charge in [0.25, 0.3) is 0 Å². The Labute approximate surface area is 179 Å². The van der Waals surface area contributed by atoms with Gasteiger partial charge < -0.3 is 4.74 Å². The molecule has 0 fully saturated rings. The van der Waals surface area contributed by atoms with Crippen LogP contribution in [0.2, 0.25) is 0 Å². The topological polar surface area (TPSA) is 43.4 Å². The van der Waals surface area contributed by atoms with Gasteiger partial charge in [-0.2, -0.15) is 0 Å². The van der Waals surface area contributed by atoms with E-state index in [4.69, 9.17) is 4.74 Å². The Morgan fingerprint density at radius 3 is 1.59 bits per heavy atom. The number of esters is 1. The van der Waals surface area contributed by atoms with Gasteiger partial charge in [0.1, 0.15) is 0 Å². The van der Waals surface area contributed by atoms with Crippen LogP contribution in [0.3, 0.4) is 0 Å². The van der Waals surface area contributed by atoms with Crippen molar-refractivity contribution in [3.05, 3.63) is 36.5 Å². The van der Waals surface area contributed by atoms with E-state index in [0.717, 1.165) is 12.8 Å². The molecule has 0 rings (SSSR count). The average molecular weight is 405 g/mol. The smallest absolute Gasteiger partial charge is 0.330 e. The normalized spacial score (nSPS) is 11.8. The van der Waals surface area contributed by atoms with E-state index in [1.54, 1.807) is 6.92 Å². The molecule has 0 saturated carbocycles. The number of ether oxygens (including phenoxy) is 1. The monoisotopic (exact) mass is 404 g/mol. The second-order valence-corrected chi connectivity index (χ2v) is 7.62. The molecule has 0 aliphatic carbocycles. The molecule has 0 aliphatic rings. The average Bonchev–Trinajstić information content (AvgIpc) is 2.71. The summed E-state index contributed by atoms with van der Waals surface area (Å²) < 4.78 is 4.73. The first-order valence-corrected chi connectivity index (χ1v) is 11.9. The highest BCUT2D eigenvalue weighted by Gasteiger charge is 1.96. The number of rotatable bonds is 20. The van der Waals surface area contributed by atoms with Crippen LogP contribution in [-0.4, -0.2) is 18.4 Å². The molecule has 0 aromatic heterocycles. The van der Waals surface area contributed by atoms with Crippen LogP contribution in [-0.2, 0) is 14.3 Å². The third kappa shape index (κ3) is 22.5. The lowest BCUT2D eigenvalue weighted by Gasteiger charge is -2.01. The largest absolute Gasteiger partial charge is 0.463 e. The minimum Gasteiger partial charge on any atom is -0.463 e. The van der Waals surface area contributed by atoms with Crippen molar-refractivity contribution in [2.45, 2.75) is 110 Å². The Morgan fingerprint density at radius 2 is 1.07 bits per heavy atom. The minimum absolute atomic E-state index is 0.162. The summed E-state index contributed by atoms with van der Waals surface area (Å²) in [5.41, 5.74) is 0. The number of allylic oxidation sites excluding steroid dienone is 5. The van der Waals surface area contributed by atoms with Crippen molar-refractivity contribution >= 4 is 11.8 Å². The predicted molar refractivity (Wildman–Crippen MR) is 124 cm³/mol. The lowest BCUT2D eigenvalue weighted by molar-refractivity contribution is -0.137. The van der Waals surface area contributed by atoms with E-state index in [0.29, 0.717) is 6.61 Å². The predicted octanol–water partition coefficient (Wildman–Crippen LogP) is 7.66. The lowest BCUT2D eigenvalue weighted by atomic mass is 10.1. The Morgan fingerprint density at radius 1 is 0.586 bits per heavy atom. The Kier molecular flexibility index (Phi) is 21.4. The summed E-state index contributed by atoms with van der Waals surface area (Å²) in [4.78, 5) is 22.6. The van der Waals surface area contributed by atoms with Gasteiger partial charge in [0, 0.05) is 6.08 Å². The molecule has 0 aromatic rings. The van der Waals surface area contributed by atoms with Crippen molar-refractivity contribution in [1.29, 1.82) is 0 Å². The molecular weight excluding hydrogens is 360 g/mol. The fourth-order valence-corrected chi connectivity index (χ4v) is 3.11. The zero-order valence-corrected chi connectivity index (χ0v) is 19.0. The van der Waals surface area contributed by atoms with Crippen molar-refractivity contribution in [2.75, 3.05) is 6.61 Å². The van der Waals surface area contributed by atoms with Crippen molar-refractivity contribution in [3.8, 4) is 0 Å². The number of carbonyl (C=O) groups is 2. The number of ketones is 1. The summed E-state index contributed by atoms with van der Waals surface area (Å²) in [7, 11) is 0. The van der Waals surface area contributed by atoms with Crippen molar-refractivity contribution in [3.63, 3.8) is 0 Å². The molecule has 0 unspecified atom stereocenters. The molecule has 0 amide bonds. The highest BCUT2D eigenvalue weighted by atomic mass is 16.5. The van der Waals surface area contributed by atoms with Crippen LogP contribution in [0.15, 0.2) is 36.5 Å². The first-order chi connectivity index (χ1) is 14.2. The Balaban J connectivity index is 3.35. The second kappa shape index (κ2) is 22.6. The number of hydrogen-bond donors (Lipinski definition) is 0. The van der Waals surface area contributed by atoms with Crippen LogP contribution in [0.4, 0.5) is 0 Å². The molecular formula is C26H44O3. The van der Waals surface area contributed by atoms with Crippen LogP contribution in [0.5, 0.6) is 0 Å². The summed E-state index contributed by atoms with van der Waals surface area (Å²) in [5.74, 6) is -0.631. The first kappa shape index (κ1) is 27.4. The number of hydrogen-bond acceptors (Lipinski definition) is 3. The van der Waals surface area contributed by atoms with Gasteiger partial charge in [-0.3, -0.25) is 4.79 Å². The van der Waals surface area contributed by atoms with E-state index in [-0.39, 0.29) is 5.78 Å². The summed E-state index contributed by atoms with van der Waals surface area (Å²) in [6.07, 6.45) is 29.8. The van der Waals surface area contributed by atoms with Crippen LogP contribution in [0.25, 0.3) is 0 Å². The van der Waals surface area contributed by atoms with Gasteiger partial charge in [0.15, 0.2) is 5.78 Å². The van der Waals surface area contributed by atoms with Crippen molar-refractivity contribution in [2.24, 2.45) is 0 Å². The highest BCUT2D eigenvalue weighted by molar-refractivity contribution is 6.02. The van der Waals surface area contributed by atoms with E-state index < -0.39 is 5.97 Å². The van der Waals surface area contributed by atoms with Crippen LogP contribution in [0, 0.1) is 0 Å². The van der Waals surface area contributed by atoms with E-state index in [2.05, 4.69) is 19.1 Å². The Bertz CT molecular complexity index is 474. The molecule has 0 aliphatic heterocycles. The van der Waals surface area contributed by atoms with Crippen LogP contribution in [0.1, 0.15) is 110 Å². The maximum atomic E-state index is 11.5. The van der Waals surface area contributed by atoms with E-state index in [1.165, 1.54) is 102 Å². The number of carbonyl (C=O) groups excluding carboxylic acids is 2. The summed E-state index contributed by atoms with van der Waals surface area (Å²) >= 11 is 0. The third-order valence-corrected chi connectivity index (χ3v) is 4.83. The van der Waals surface area contributed by atoms with Gasteiger partial charge in [-0.15, -0.1) is 0 Å². The zero-order valence-electron chi connectivity index (χ0n) is 19.0. The van der Waals surface area contributed by atoms with Gasteiger partial charge >= 0.3 is 5.97 Å². The molecule has 0 saturated heterocycles. The zero-order chi connectivity index (χ0) is 21.4. The molecule has 0 radical (unpaired) electrons. The van der Waals surface area contributed by atoms with Gasteiger partial charge in [-0.05, 0) is 57.6 Å². The van der Waals surface area contributed by atoms with Gasteiger partial charge in [-0.25, -0.2) is 4.79 Å². The summed E-state index contributed by atoms with van der Waals surface area (Å²) in [6.45, 7) is 4.32. The van der Waals surface area contributed by atoms with E-state index in [9.17, 15) is 9.59 Å². The van der Waals surface area contributed by atoms with Crippen molar-refractivity contribution in [1.82, 2.24) is 0 Å². The Hall–Kier alpha value is -1.64. The SMILES string of the molecule is CCCCC/C=C\CCCCCCCCCCC/C=C/C(=O)/C=C/C(=O)OCC. The molecule has 166 valence electrons. The van der Waals surface area contributed by atoms with E-state index in [1.807, 2.05) is 6.08 Å². The molecule has 0 aromatic carbocycles. The summed E-state index contributed by atoms with van der Waals surface area (Å²) in [5, 5.41) is 0. The maximum absolute atomic E-state index is 11.5. The highest BCUT2D eigenvalue weighted by Crippen LogP contribution is 2.12. The fraction of sp³-hybridized carbons (Fsp3) is 0.692. The minimum atomic E-state index is -0.469. The standard InChI is InChI=1S/C26H44O3/c1-3-5-6-7-8-9-10-11-12-13-14-15-16-17-18-19-20-21-22-25(27)23-24-26(28)29-4-2/h8-9,21-24H,3-7,10-20H2,1-2H3/b9-8-,22-21+,24-23+. The van der Waals surface area contributed by atoms with Crippen molar-refractivity contribution < 1.29 is 14.3 Å². The van der Waals surface area contributed by atoms with E-state index >= 15 is 0 Å². The van der Waals surface area contributed by atoms with Crippen LogP contribution < -0.4 is 0 Å². The summed E-state index contributed by atoms with van der Waals surface area (Å²) in [6, 6.07) is 0. The maximum Gasteiger partial charge on any atom is 0.330 e. The van der Waals surface area contributed by atoms with Gasteiger partial charge in [-0.1, -0.05) is 82.9 Å². The molecule has 3 nitrogen and oxygen atoms in total. The number of unbranched alkanes of at least 4 members (excludes halogenated alkanes) is 13. The van der Waals surface area contributed by atoms with Gasteiger partial charge in [0.05, 0.1) is 6.61 Å². The molecule has 0 spiro atoms. The molecule has 0 bridgehead atoms. The fourth-order valence-electron chi connectivity index (χ4n) is 3.11. The quantitative estimate of drug-likeness (QED) is 0.0905. The third-order valence-electron chi connectivity index (χ3n) is 4.83. The van der Waals surface area contributed by atoms with Gasteiger partial charge in [0.2, 0.25) is 0 Å². The molecule has 0 N–H and O–H groups in total. The molecule has 0 heterocycles. The second-order valence-electron chi connectivity index (χ2n) is 7.62. The lowest BCUT2D eigenvalue weighted by Crippen LogP contribution is -2.00. The first-order valence-electron chi connectivity index (χ1n) is 11.9.